The second-order valence-corrected chi connectivity index (χ2v) is 8.78. The number of carbonyl (C=O) groups excluding carboxylic acids is 2. The third-order valence-electron chi connectivity index (χ3n) is 7.21. The maximum atomic E-state index is 13.1. The molecule has 0 saturated carbocycles. The van der Waals surface area contributed by atoms with Gasteiger partial charge < -0.3 is 9.64 Å². The van der Waals surface area contributed by atoms with E-state index in [1.54, 1.807) is 7.05 Å². The van der Waals surface area contributed by atoms with Gasteiger partial charge in [-0.25, -0.2) is 9.86 Å². The number of benzene rings is 2. The van der Waals surface area contributed by atoms with Crippen molar-refractivity contribution in [2.75, 3.05) is 20.8 Å². The van der Waals surface area contributed by atoms with Crippen LogP contribution in [0.4, 0.5) is 4.79 Å². The normalized spacial score (nSPS) is 23.9. The molecule has 1 aliphatic carbocycles. The van der Waals surface area contributed by atoms with E-state index in [4.69, 9.17) is 9.57 Å². The first-order valence-corrected chi connectivity index (χ1v) is 11.0. The molecule has 31 heavy (non-hydrogen) atoms. The van der Waals surface area contributed by atoms with E-state index in [0.717, 1.165) is 12.8 Å². The first-order chi connectivity index (χ1) is 15.1. The Morgan fingerprint density at radius 2 is 1.52 bits per heavy atom. The highest BCUT2D eigenvalue weighted by Crippen LogP contribution is 2.45. The Kier molecular flexibility index (Phi) is 5.18. The molecule has 2 unspecified atom stereocenters. The molecule has 2 aromatic rings. The van der Waals surface area contributed by atoms with Gasteiger partial charge in [0, 0.05) is 31.0 Å². The zero-order chi connectivity index (χ0) is 21.5. The number of carbonyl (C=O) groups is 2. The Morgan fingerprint density at radius 1 is 0.968 bits per heavy atom. The molecule has 2 amide bonds. The zero-order valence-corrected chi connectivity index (χ0v) is 18.0. The quantitative estimate of drug-likeness (QED) is 0.696. The molecule has 2 atom stereocenters. The summed E-state index contributed by atoms with van der Waals surface area (Å²) in [6, 6.07) is 16.8. The van der Waals surface area contributed by atoms with E-state index in [-0.39, 0.29) is 35.9 Å². The van der Waals surface area contributed by atoms with Gasteiger partial charge in [0.2, 0.25) is 5.91 Å². The summed E-state index contributed by atoms with van der Waals surface area (Å²) in [5.74, 6) is -0.0462. The third-order valence-corrected chi connectivity index (χ3v) is 7.21. The summed E-state index contributed by atoms with van der Waals surface area (Å²) in [5, 5.41) is 1.30. The fraction of sp³-hybridized carbons (Fsp3) is 0.440. The monoisotopic (exact) mass is 420 g/mol. The lowest BCUT2D eigenvalue weighted by molar-refractivity contribution is -0.175. The Labute approximate surface area is 182 Å². The number of ether oxygens (including phenoxy) is 1. The Hall–Kier alpha value is -2.86. The van der Waals surface area contributed by atoms with E-state index >= 15 is 0 Å². The molecule has 0 spiro atoms. The maximum Gasteiger partial charge on any atom is 0.410 e. The summed E-state index contributed by atoms with van der Waals surface area (Å²) >= 11 is 0. The minimum Gasteiger partial charge on any atom is -0.448 e. The van der Waals surface area contributed by atoms with Gasteiger partial charge in [0.25, 0.3) is 0 Å². The number of hydrogen-bond acceptors (Lipinski definition) is 4. The van der Waals surface area contributed by atoms with Crippen molar-refractivity contribution in [2.45, 2.75) is 43.7 Å². The molecule has 162 valence electrons. The van der Waals surface area contributed by atoms with Crippen molar-refractivity contribution in [3.05, 3.63) is 59.7 Å². The van der Waals surface area contributed by atoms with E-state index in [1.807, 2.05) is 29.2 Å². The number of hydroxylamine groups is 2. The van der Waals surface area contributed by atoms with E-state index in [9.17, 15) is 9.59 Å². The molecule has 0 aromatic heterocycles. The van der Waals surface area contributed by atoms with Gasteiger partial charge in [0.05, 0.1) is 7.11 Å². The predicted octanol–water partition coefficient (Wildman–Crippen LogP) is 4.20. The molecule has 5 rings (SSSR count). The molecule has 2 fully saturated rings. The summed E-state index contributed by atoms with van der Waals surface area (Å²) in [6.07, 6.45) is 2.95. The Balaban J connectivity index is 1.28. The van der Waals surface area contributed by atoms with Crippen molar-refractivity contribution in [2.24, 2.45) is 5.92 Å². The number of piperidine rings is 1. The lowest BCUT2D eigenvalue weighted by Crippen LogP contribution is -2.50. The molecule has 2 heterocycles. The van der Waals surface area contributed by atoms with Gasteiger partial charge >= 0.3 is 6.09 Å². The summed E-state index contributed by atoms with van der Waals surface area (Å²) in [6.45, 7) is 0.331. The van der Waals surface area contributed by atoms with E-state index < -0.39 is 0 Å². The molecule has 0 radical (unpaired) electrons. The van der Waals surface area contributed by atoms with Crippen LogP contribution < -0.4 is 0 Å². The van der Waals surface area contributed by atoms with Gasteiger partial charge in [-0.05, 0) is 47.9 Å². The predicted molar refractivity (Wildman–Crippen MR) is 116 cm³/mol. The van der Waals surface area contributed by atoms with Crippen LogP contribution in [0.15, 0.2) is 48.5 Å². The topological polar surface area (TPSA) is 59.1 Å². The average molecular weight is 421 g/mol. The SMILES string of the molecule is CON(C)C(=O)C1CC2CCC(C1)N2C(=O)OCC1c2ccccc2-c2ccccc21. The summed E-state index contributed by atoms with van der Waals surface area (Å²) in [7, 11) is 3.14. The van der Waals surface area contributed by atoms with Crippen LogP contribution >= 0.6 is 0 Å². The molecule has 3 aliphatic rings. The van der Waals surface area contributed by atoms with Gasteiger partial charge in [0.1, 0.15) is 6.61 Å². The molecule has 2 aliphatic heterocycles. The Bertz CT molecular complexity index is 947. The lowest BCUT2D eigenvalue weighted by Gasteiger charge is -2.38. The van der Waals surface area contributed by atoms with Gasteiger partial charge in [-0.3, -0.25) is 9.63 Å². The number of amides is 2. The molecular weight excluding hydrogens is 392 g/mol. The second kappa shape index (κ2) is 8.00. The molecule has 0 N–H and O–H groups in total. The zero-order valence-electron chi connectivity index (χ0n) is 18.0. The van der Waals surface area contributed by atoms with Crippen molar-refractivity contribution in [1.82, 2.24) is 9.96 Å². The van der Waals surface area contributed by atoms with Gasteiger partial charge in [-0.15, -0.1) is 0 Å². The fourth-order valence-corrected chi connectivity index (χ4v) is 5.69. The maximum absolute atomic E-state index is 13.1. The third kappa shape index (κ3) is 3.39. The molecule has 2 aromatic carbocycles. The van der Waals surface area contributed by atoms with Crippen LogP contribution in [0.2, 0.25) is 0 Å². The summed E-state index contributed by atoms with van der Waals surface area (Å²) in [5.41, 5.74) is 4.87. The van der Waals surface area contributed by atoms with Crippen molar-refractivity contribution in [1.29, 1.82) is 0 Å². The first-order valence-electron chi connectivity index (χ1n) is 11.0. The summed E-state index contributed by atoms with van der Waals surface area (Å²) in [4.78, 5) is 32.6. The van der Waals surface area contributed by atoms with Crippen LogP contribution in [-0.4, -0.2) is 54.8 Å². The second-order valence-electron chi connectivity index (χ2n) is 8.78. The molecule has 6 nitrogen and oxygen atoms in total. The standard InChI is InChI=1S/C25H28N2O4/c1-26(30-2)24(28)16-13-17-11-12-18(14-16)27(17)25(29)31-15-23-21-9-5-3-7-19(21)20-8-4-6-10-22(20)23/h3-10,16-18,23H,11-15H2,1-2H3. The van der Waals surface area contributed by atoms with Crippen LogP contribution in [0.1, 0.15) is 42.7 Å². The molecular formula is C25H28N2O4. The first kappa shape index (κ1) is 20.1. The fourth-order valence-electron chi connectivity index (χ4n) is 5.69. The smallest absolute Gasteiger partial charge is 0.410 e. The minimum atomic E-state index is -0.250. The van der Waals surface area contributed by atoms with Crippen LogP contribution in [0, 0.1) is 5.92 Å². The molecule has 2 saturated heterocycles. The Morgan fingerprint density at radius 3 is 2.06 bits per heavy atom. The van der Waals surface area contributed by atoms with Gasteiger partial charge in [0.15, 0.2) is 0 Å². The largest absolute Gasteiger partial charge is 0.448 e. The van der Waals surface area contributed by atoms with Crippen LogP contribution in [-0.2, 0) is 14.4 Å². The van der Waals surface area contributed by atoms with Crippen LogP contribution in [0.5, 0.6) is 0 Å². The van der Waals surface area contributed by atoms with Crippen LogP contribution in [0.3, 0.4) is 0 Å². The van der Waals surface area contributed by atoms with E-state index in [0.29, 0.717) is 19.4 Å². The van der Waals surface area contributed by atoms with Crippen molar-refractivity contribution in [3.8, 4) is 11.1 Å². The van der Waals surface area contributed by atoms with Gasteiger partial charge in [-0.2, -0.15) is 0 Å². The number of rotatable bonds is 4. The molecule has 6 heteroatoms. The minimum absolute atomic E-state index is 0.00779. The molecule has 2 bridgehead atoms. The highest BCUT2D eigenvalue weighted by atomic mass is 16.7. The number of nitrogens with zero attached hydrogens (tertiary/aromatic N) is 2. The summed E-state index contributed by atoms with van der Waals surface area (Å²) < 4.78 is 5.89. The van der Waals surface area contributed by atoms with Crippen molar-refractivity contribution in [3.63, 3.8) is 0 Å². The highest BCUT2D eigenvalue weighted by molar-refractivity contribution is 5.80. The highest BCUT2D eigenvalue weighted by Gasteiger charge is 2.46. The lowest BCUT2D eigenvalue weighted by atomic mass is 9.90. The van der Waals surface area contributed by atoms with Crippen molar-refractivity contribution >= 4 is 12.0 Å². The van der Waals surface area contributed by atoms with Crippen molar-refractivity contribution < 1.29 is 19.2 Å². The number of fused-ring (bicyclic) bond motifs is 5. The van der Waals surface area contributed by atoms with Crippen LogP contribution in [0.25, 0.3) is 11.1 Å². The van der Waals surface area contributed by atoms with E-state index in [2.05, 4.69) is 24.3 Å². The number of hydrogen-bond donors (Lipinski definition) is 0. The van der Waals surface area contributed by atoms with Gasteiger partial charge in [-0.1, -0.05) is 48.5 Å². The average Bonchev–Trinajstić information content (AvgIpc) is 3.27. The van der Waals surface area contributed by atoms with E-state index in [1.165, 1.54) is 34.4 Å².